The maximum atomic E-state index is 13.4. The van der Waals surface area contributed by atoms with Gasteiger partial charge in [0.25, 0.3) is 11.8 Å². The highest BCUT2D eigenvalue weighted by Gasteiger charge is 2.48. The maximum absolute atomic E-state index is 13.4. The number of hydrogen-bond donors (Lipinski definition) is 3. The number of amides is 3. The van der Waals surface area contributed by atoms with Crippen LogP contribution in [0.5, 0.6) is 5.75 Å². The highest BCUT2D eigenvalue weighted by Crippen LogP contribution is 2.53. The normalized spacial score (nSPS) is 25.0. The van der Waals surface area contributed by atoms with E-state index in [1.54, 1.807) is 9.80 Å². The van der Waals surface area contributed by atoms with Gasteiger partial charge in [0.2, 0.25) is 17.8 Å². The zero-order chi connectivity index (χ0) is 42.8. The van der Waals surface area contributed by atoms with Gasteiger partial charge in [-0.05, 0) is 86.6 Å². The molecule has 3 amide bonds. The minimum atomic E-state index is -3.04. The summed E-state index contributed by atoms with van der Waals surface area (Å²) in [6, 6.07) is 13.5. The summed E-state index contributed by atoms with van der Waals surface area (Å²) >= 11 is 0. The zero-order valence-corrected chi connectivity index (χ0v) is 35.2. The van der Waals surface area contributed by atoms with Crippen molar-refractivity contribution in [3.63, 3.8) is 0 Å². The van der Waals surface area contributed by atoms with E-state index in [0.717, 1.165) is 85.8 Å². The summed E-state index contributed by atoms with van der Waals surface area (Å²) in [7, 11) is 0. The Kier molecular flexibility index (Phi) is 10.7. The third kappa shape index (κ3) is 7.67. The number of alkyl halides is 2. The van der Waals surface area contributed by atoms with Gasteiger partial charge in [-0.1, -0.05) is 18.2 Å². The van der Waals surface area contributed by atoms with Crippen molar-refractivity contribution in [3.05, 3.63) is 77.2 Å². The minimum Gasteiger partial charge on any atom is -0.489 e. The number of nitrogens with zero attached hydrogens (tertiary/aromatic N) is 7. The average molecular weight is 852 g/mol. The van der Waals surface area contributed by atoms with Crippen molar-refractivity contribution in [1.29, 1.82) is 0 Å². The predicted molar refractivity (Wildman–Crippen MR) is 228 cm³/mol. The molecule has 8 heterocycles. The van der Waals surface area contributed by atoms with Crippen LogP contribution < -0.4 is 19.9 Å². The number of halogens is 2. The lowest BCUT2D eigenvalue weighted by Crippen LogP contribution is -2.59. The molecule has 328 valence electrons. The molecule has 3 saturated heterocycles. The van der Waals surface area contributed by atoms with Gasteiger partial charge in [0, 0.05) is 98.4 Å². The van der Waals surface area contributed by atoms with Crippen molar-refractivity contribution in [2.24, 2.45) is 11.3 Å². The summed E-state index contributed by atoms with van der Waals surface area (Å²) in [6.07, 6.45) is 10.1. The number of carbonyl (C=O) groups excluding carboxylic acids is 3. The maximum Gasteiger partial charge on any atom is 0.283 e. The van der Waals surface area contributed by atoms with Crippen LogP contribution in [0.4, 0.5) is 20.4 Å². The predicted octanol–water partition coefficient (Wildman–Crippen LogP) is 4.36. The Labute approximate surface area is 359 Å². The van der Waals surface area contributed by atoms with E-state index >= 15 is 0 Å². The SMILES string of the molecule is CC1Cc2c([nH]c3ccccc23)CN1CC(F)(F)CO.O=C1CCC(N2Cc3c(ccc4c3OCC3CN(CC5CC6(CCN(c7ncccn7)CC6)C5)CCN43)C2=O)C(=O)N1. The van der Waals surface area contributed by atoms with Crippen LogP contribution in [0, 0.1) is 11.3 Å². The van der Waals surface area contributed by atoms with Crippen LogP contribution in [0.25, 0.3) is 10.9 Å². The summed E-state index contributed by atoms with van der Waals surface area (Å²) in [4.78, 5) is 60.3. The molecule has 0 bridgehead atoms. The van der Waals surface area contributed by atoms with Gasteiger partial charge >= 0.3 is 0 Å². The third-order valence-electron chi connectivity index (χ3n) is 14.6. The molecule has 1 aliphatic carbocycles. The van der Waals surface area contributed by atoms with Crippen molar-refractivity contribution < 1.29 is 33.0 Å². The second kappa shape index (κ2) is 16.2. The lowest BCUT2D eigenvalue weighted by atomic mass is 9.57. The molecule has 6 aliphatic heterocycles. The lowest BCUT2D eigenvalue weighted by molar-refractivity contribution is -0.136. The van der Waals surface area contributed by atoms with Crippen LogP contribution in [0.15, 0.2) is 54.9 Å². The highest BCUT2D eigenvalue weighted by atomic mass is 19.3. The number of carbonyl (C=O) groups is 3. The van der Waals surface area contributed by atoms with E-state index in [0.29, 0.717) is 37.1 Å². The van der Waals surface area contributed by atoms with Crippen molar-refractivity contribution >= 4 is 40.3 Å². The molecule has 1 saturated carbocycles. The largest absolute Gasteiger partial charge is 0.489 e. The number of aromatic amines is 1. The van der Waals surface area contributed by atoms with E-state index in [2.05, 4.69) is 41.0 Å². The van der Waals surface area contributed by atoms with E-state index in [4.69, 9.17) is 9.84 Å². The van der Waals surface area contributed by atoms with E-state index in [1.165, 1.54) is 36.6 Å². The van der Waals surface area contributed by atoms with Crippen LogP contribution in [0.1, 0.15) is 72.6 Å². The molecular formula is C46H55F2N9O5. The molecule has 62 heavy (non-hydrogen) atoms. The molecule has 2 aromatic heterocycles. The Morgan fingerprint density at radius 3 is 2.52 bits per heavy atom. The lowest BCUT2D eigenvalue weighted by Gasteiger charge is -2.54. The number of aromatic nitrogens is 3. The molecule has 14 nitrogen and oxygen atoms in total. The number of aliphatic hydroxyl groups excluding tert-OH is 1. The van der Waals surface area contributed by atoms with Crippen molar-refractivity contribution in [2.75, 3.05) is 68.8 Å². The fraction of sp³-hybridized carbons (Fsp3) is 0.543. The Morgan fingerprint density at radius 2 is 1.74 bits per heavy atom. The molecule has 3 unspecified atom stereocenters. The standard InChI is InChI=1S/C31H37N7O4.C15H18F2N2O/c39-26-5-4-25(28(40)34-26)38-18-23-22(29(38)41)2-3-24-27(23)42-19-21-17-35(12-13-37(21)24)16-20-14-31(15-20)6-10-36(11-7-31)30-32-8-1-9-33-30;1-10-6-12-11-4-2-3-5-13(11)18-14(12)7-19(10)8-15(16,17)9-20/h1-3,8-9,20-21,25H,4-7,10-19H2,(H,34,39,40);2-5,10,18,20H,6-9H2,1H3. The number of para-hydroxylation sites is 1. The van der Waals surface area contributed by atoms with Gasteiger partial charge in [0.05, 0.1) is 24.8 Å². The van der Waals surface area contributed by atoms with Crippen molar-refractivity contribution in [3.8, 4) is 5.75 Å². The van der Waals surface area contributed by atoms with Crippen LogP contribution in [-0.2, 0) is 29.1 Å². The summed E-state index contributed by atoms with van der Waals surface area (Å²) in [6.45, 7) is 8.07. The first-order valence-electron chi connectivity index (χ1n) is 22.2. The number of fused-ring (bicyclic) bond motifs is 8. The van der Waals surface area contributed by atoms with Crippen molar-refractivity contribution in [2.45, 2.75) is 89.0 Å². The molecule has 0 radical (unpaired) electrons. The van der Waals surface area contributed by atoms with Gasteiger partial charge in [-0.25, -0.2) is 18.7 Å². The molecule has 2 aromatic carbocycles. The number of imide groups is 1. The fourth-order valence-electron chi connectivity index (χ4n) is 11.4. The monoisotopic (exact) mass is 851 g/mol. The molecular weight excluding hydrogens is 797 g/mol. The topological polar surface area (TPSA) is 150 Å². The number of nitrogens with one attached hydrogen (secondary N) is 2. The third-order valence-corrected chi connectivity index (χ3v) is 14.6. The molecule has 4 aromatic rings. The van der Waals surface area contributed by atoms with Crippen LogP contribution in [-0.4, -0.2) is 136 Å². The Bertz CT molecular complexity index is 2350. The summed E-state index contributed by atoms with van der Waals surface area (Å²) < 4.78 is 33.2. The van der Waals surface area contributed by atoms with Crippen LogP contribution in [0.3, 0.4) is 0 Å². The van der Waals surface area contributed by atoms with Gasteiger partial charge in [0.15, 0.2) is 0 Å². The van der Waals surface area contributed by atoms with Crippen LogP contribution in [0.2, 0.25) is 0 Å². The fourth-order valence-corrected chi connectivity index (χ4v) is 11.4. The minimum absolute atomic E-state index is 0.0409. The number of hydrogen-bond acceptors (Lipinski definition) is 11. The first-order valence-corrected chi connectivity index (χ1v) is 22.2. The van der Waals surface area contributed by atoms with Crippen molar-refractivity contribution in [1.82, 2.24) is 35.0 Å². The molecule has 16 heteroatoms. The quantitative estimate of drug-likeness (QED) is 0.228. The Balaban J connectivity index is 0.000000192. The number of piperidine rings is 2. The number of benzene rings is 2. The molecule has 7 aliphatic rings. The highest BCUT2D eigenvalue weighted by molar-refractivity contribution is 6.06. The zero-order valence-electron chi connectivity index (χ0n) is 35.2. The van der Waals surface area contributed by atoms with Gasteiger partial charge in [0.1, 0.15) is 25.0 Å². The van der Waals surface area contributed by atoms with E-state index < -0.39 is 25.1 Å². The smallest absolute Gasteiger partial charge is 0.283 e. The van der Waals surface area contributed by atoms with Gasteiger partial charge in [-0.15, -0.1) is 0 Å². The number of H-pyrrole nitrogens is 1. The average Bonchev–Trinajstić information content (AvgIpc) is 3.80. The molecule has 3 atom stereocenters. The summed E-state index contributed by atoms with van der Waals surface area (Å²) in [5.41, 5.74) is 6.34. The Morgan fingerprint density at radius 1 is 0.952 bits per heavy atom. The molecule has 4 fully saturated rings. The van der Waals surface area contributed by atoms with Gasteiger partial charge in [-0.2, -0.15) is 0 Å². The van der Waals surface area contributed by atoms with Gasteiger partial charge in [-0.3, -0.25) is 29.5 Å². The number of ether oxygens (including phenoxy) is 1. The first kappa shape index (κ1) is 40.9. The molecule has 11 rings (SSSR count). The second-order valence-electron chi connectivity index (χ2n) is 18.7. The number of rotatable bonds is 7. The van der Waals surface area contributed by atoms with E-state index in [9.17, 15) is 23.2 Å². The van der Waals surface area contributed by atoms with E-state index in [-0.39, 0.29) is 36.2 Å². The Hall–Kier alpha value is -5.19. The molecule has 3 N–H and O–H groups in total. The van der Waals surface area contributed by atoms with Gasteiger partial charge < -0.3 is 29.5 Å². The number of anilines is 2. The van der Waals surface area contributed by atoms with E-state index in [1.807, 2.05) is 55.7 Å². The summed E-state index contributed by atoms with van der Waals surface area (Å²) in [5, 5.41) is 12.3. The number of aliphatic hydroxyl groups is 1. The first-order chi connectivity index (χ1) is 30.0. The second-order valence-corrected chi connectivity index (χ2v) is 18.7. The van der Waals surface area contributed by atoms with Crippen LogP contribution >= 0.6 is 0 Å². The molecule has 1 spiro atoms. The summed E-state index contributed by atoms with van der Waals surface area (Å²) in [5.74, 6) is -1.45. The number of piperazine rings is 1.